The zero-order chi connectivity index (χ0) is 12.9. The number of hydrogen-bond donors (Lipinski definition) is 2. The fourth-order valence-electron chi connectivity index (χ4n) is 2.24. The molecule has 3 N–H and O–H groups in total. The maximum Gasteiger partial charge on any atom is 0.0945 e. The minimum absolute atomic E-state index is 0.0908. The Hall–Kier alpha value is -0.490. The summed E-state index contributed by atoms with van der Waals surface area (Å²) in [4.78, 5) is 4.48. The summed E-state index contributed by atoms with van der Waals surface area (Å²) in [5, 5.41) is 3.17. The standard InChI is InChI=1S/C12H23N3OS/c1-5-12(6-2,16-4)10(15-13)7-11-14-9(3)8-17-11/h8,10,15H,5-7,13H2,1-4H3. The number of aryl methyl sites for hydroxylation is 1. The van der Waals surface area contributed by atoms with Gasteiger partial charge in [0.1, 0.15) is 0 Å². The van der Waals surface area contributed by atoms with Crippen molar-refractivity contribution in [1.29, 1.82) is 0 Å². The fraction of sp³-hybridized carbons (Fsp3) is 0.750. The molecule has 0 saturated heterocycles. The zero-order valence-electron chi connectivity index (χ0n) is 11.1. The first kappa shape index (κ1) is 14.6. The summed E-state index contributed by atoms with van der Waals surface area (Å²) in [5.41, 5.74) is 3.75. The van der Waals surface area contributed by atoms with Crippen LogP contribution in [0.1, 0.15) is 37.4 Å². The number of ether oxygens (including phenoxy) is 1. The van der Waals surface area contributed by atoms with Crippen molar-refractivity contribution < 1.29 is 4.74 Å². The van der Waals surface area contributed by atoms with Crippen LogP contribution >= 0.6 is 11.3 Å². The van der Waals surface area contributed by atoms with Gasteiger partial charge < -0.3 is 4.74 Å². The van der Waals surface area contributed by atoms with Crippen LogP contribution in [0, 0.1) is 6.92 Å². The van der Waals surface area contributed by atoms with E-state index in [1.165, 1.54) is 0 Å². The molecule has 0 aliphatic rings. The lowest BCUT2D eigenvalue weighted by Crippen LogP contribution is -2.55. The van der Waals surface area contributed by atoms with Crippen LogP contribution in [0.4, 0.5) is 0 Å². The van der Waals surface area contributed by atoms with E-state index in [1.54, 1.807) is 18.4 Å². The average Bonchev–Trinajstić information content (AvgIpc) is 2.76. The van der Waals surface area contributed by atoms with Crippen molar-refractivity contribution in [3.05, 3.63) is 16.1 Å². The van der Waals surface area contributed by atoms with Crippen LogP contribution in [0.5, 0.6) is 0 Å². The van der Waals surface area contributed by atoms with Gasteiger partial charge in [0.05, 0.1) is 16.7 Å². The normalized spacial score (nSPS) is 13.9. The minimum Gasteiger partial charge on any atom is -0.377 e. The number of aromatic nitrogens is 1. The predicted molar refractivity (Wildman–Crippen MR) is 72.0 cm³/mol. The largest absolute Gasteiger partial charge is 0.377 e. The first-order valence-electron chi connectivity index (χ1n) is 6.04. The predicted octanol–water partition coefficient (Wildman–Crippen LogP) is 2.03. The summed E-state index contributed by atoms with van der Waals surface area (Å²) in [6.45, 7) is 6.27. The molecule has 0 amide bonds. The van der Waals surface area contributed by atoms with Gasteiger partial charge in [-0.2, -0.15) is 0 Å². The summed E-state index contributed by atoms with van der Waals surface area (Å²) >= 11 is 1.68. The number of nitrogens with one attached hydrogen (secondary N) is 1. The molecule has 0 aliphatic carbocycles. The second-order valence-corrected chi connectivity index (χ2v) is 5.22. The Morgan fingerprint density at radius 2 is 2.18 bits per heavy atom. The first-order valence-corrected chi connectivity index (χ1v) is 6.92. The molecule has 0 spiro atoms. The topological polar surface area (TPSA) is 60.2 Å². The van der Waals surface area contributed by atoms with Gasteiger partial charge in [0.15, 0.2) is 0 Å². The van der Waals surface area contributed by atoms with Gasteiger partial charge in [0.2, 0.25) is 0 Å². The molecule has 0 fully saturated rings. The maximum atomic E-state index is 5.70. The Labute approximate surface area is 108 Å². The van der Waals surface area contributed by atoms with Crippen molar-refractivity contribution in [2.75, 3.05) is 7.11 Å². The Bertz CT molecular complexity index is 328. The van der Waals surface area contributed by atoms with Crippen molar-refractivity contribution in [1.82, 2.24) is 10.4 Å². The van der Waals surface area contributed by atoms with E-state index in [0.29, 0.717) is 0 Å². The van der Waals surface area contributed by atoms with Crippen molar-refractivity contribution in [3.8, 4) is 0 Å². The number of rotatable bonds is 7. The van der Waals surface area contributed by atoms with Crippen LogP contribution < -0.4 is 11.3 Å². The van der Waals surface area contributed by atoms with E-state index >= 15 is 0 Å². The summed E-state index contributed by atoms with van der Waals surface area (Å²) in [7, 11) is 1.75. The van der Waals surface area contributed by atoms with Gasteiger partial charge in [-0.15, -0.1) is 11.3 Å². The second-order valence-electron chi connectivity index (χ2n) is 4.28. The SMILES string of the molecule is CCC(CC)(OC)C(Cc1nc(C)cs1)NN. The first-order chi connectivity index (χ1) is 8.11. The lowest BCUT2D eigenvalue weighted by molar-refractivity contribution is -0.0473. The van der Waals surface area contributed by atoms with Crippen molar-refractivity contribution >= 4 is 11.3 Å². The molecule has 0 bridgehead atoms. The highest BCUT2D eigenvalue weighted by Gasteiger charge is 2.35. The molecule has 1 atom stereocenters. The second kappa shape index (κ2) is 6.44. The molecule has 5 heteroatoms. The Balaban J connectivity index is 2.82. The van der Waals surface area contributed by atoms with E-state index in [0.717, 1.165) is 30.0 Å². The third-order valence-corrected chi connectivity index (χ3v) is 4.47. The van der Waals surface area contributed by atoms with E-state index in [-0.39, 0.29) is 11.6 Å². The molecular weight excluding hydrogens is 234 g/mol. The quantitative estimate of drug-likeness (QED) is 0.579. The smallest absolute Gasteiger partial charge is 0.0945 e. The van der Waals surface area contributed by atoms with E-state index in [1.807, 2.05) is 6.92 Å². The van der Waals surface area contributed by atoms with Gasteiger partial charge >= 0.3 is 0 Å². The lowest BCUT2D eigenvalue weighted by Gasteiger charge is -2.37. The molecule has 0 aliphatic heterocycles. The van der Waals surface area contributed by atoms with E-state index < -0.39 is 0 Å². The third-order valence-electron chi connectivity index (χ3n) is 3.49. The maximum absolute atomic E-state index is 5.70. The Kier molecular flexibility index (Phi) is 5.52. The van der Waals surface area contributed by atoms with Crippen LogP contribution in [-0.4, -0.2) is 23.7 Å². The molecular formula is C12H23N3OS. The molecule has 1 aromatic heterocycles. The highest BCUT2D eigenvalue weighted by atomic mass is 32.1. The van der Waals surface area contributed by atoms with E-state index in [9.17, 15) is 0 Å². The lowest BCUT2D eigenvalue weighted by atomic mass is 9.86. The van der Waals surface area contributed by atoms with Crippen LogP contribution in [0.25, 0.3) is 0 Å². The highest BCUT2D eigenvalue weighted by Crippen LogP contribution is 2.27. The molecule has 1 unspecified atom stereocenters. The van der Waals surface area contributed by atoms with Crippen LogP contribution in [0.15, 0.2) is 5.38 Å². The van der Waals surface area contributed by atoms with Crippen LogP contribution in [0.3, 0.4) is 0 Å². The Morgan fingerprint density at radius 1 is 1.53 bits per heavy atom. The molecule has 1 rings (SSSR count). The van der Waals surface area contributed by atoms with E-state index in [4.69, 9.17) is 10.6 Å². The van der Waals surface area contributed by atoms with Crippen LogP contribution in [-0.2, 0) is 11.2 Å². The van der Waals surface area contributed by atoms with Gasteiger partial charge in [0.25, 0.3) is 0 Å². The highest BCUT2D eigenvalue weighted by molar-refractivity contribution is 7.09. The molecule has 17 heavy (non-hydrogen) atoms. The van der Waals surface area contributed by atoms with Crippen molar-refractivity contribution in [3.63, 3.8) is 0 Å². The van der Waals surface area contributed by atoms with Gasteiger partial charge in [-0.3, -0.25) is 11.3 Å². The van der Waals surface area contributed by atoms with Gasteiger partial charge in [-0.25, -0.2) is 4.98 Å². The van der Waals surface area contributed by atoms with Gasteiger partial charge in [0, 0.05) is 24.6 Å². The molecule has 1 heterocycles. The zero-order valence-corrected chi connectivity index (χ0v) is 11.9. The third kappa shape index (κ3) is 3.25. The number of thiazole rings is 1. The monoisotopic (exact) mass is 257 g/mol. The van der Waals surface area contributed by atoms with Gasteiger partial charge in [-0.05, 0) is 19.8 Å². The summed E-state index contributed by atoms with van der Waals surface area (Å²) < 4.78 is 5.70. The van der Waals surface area contributed by atoms with Crippen LogP contribution in [0.2, 0.25) is 0 Å². The van der Waals surface area contributed by atoms with Crippen molar-refractivity contribution in [2.45, 2.75) is 51.7 Å². The number of hydrogen-bond acceptors (Lipinski definition) is 5. The molecule has 0 saturated carbocycles. The van der Waals surface area contributed by atoms with E-state index in [2.05, 4.69) is 29.6 Å². The summed E-state index contributed by atoms with van der Waals surface area (Å²) in [6, 6.07) is 0.0908. The molecule has 98 valence electrons. The summed E-state index contributed by atoms with van der Waals surface area (Å²) in [5.74, 6) is 5.69. The van der Waals surface area contributed by atoms with Gasteiger partial charge in [-0.1, -0.05) is 13.8 Å². The Morgan fingerprint density at radius 3 is 2.53 bits per heavy atom. The fourth-order valence-corrected chi connectivity index (χ4v) is 3.06. The molecule has 0 aromatic carbocycles. The minimum atomic E-state index is -0.214. The molecule has 0 radical (unpaired) electrons. The number of nitrogens with two attached hydrogens (primary N) is 1. The molecule has 1 aromatic rings. The number of nitrogens with zero attached hydrogens (tertiary/aromatic N) is 1. The number of methoxy groups -OCH3 is 1. The summed E-state index contributed by atoms with van der Waals surface area (Å²) in [6.07, 6.45) is 2.67. The van der Waals surface area contributed by atoms with Crippen molar-refractivity contribution in [2.24, 2.45) is 5.84 Å². The molecule has 4 nitrogen and oxygen atoms in total. The number of hydrazine groups is 1. The average molecular weight is 257 g/mol.